The number of nitrogens with one attached hydrogen (secondary N) is 1. The van der Waals surface area contributed by atoms with Crippen LogP contribution in [0.1, 0.15) is 63.0 Å². The number of hydrogen-bond acceptors (Lipinski definition) is 5. The number of carbonyl (C=O) groups is 2. The summed E-state index contributed by atoms with van der Waals surface area (Å²) in [5, 5.41) is 14.5. The third-order valence-electron chi connectivity index (χ3n) is 8.01. The van der Waals surface area contributed by atoms with E-state index in [4.69, 9.17) is 4.74 Å². The zero-order valence-electron chi connectivity index (χ0n) is 21.6. The van der Waals surface area contributed by atoms with Crippen LogP contribution in [0.5, 0.6) is 5.75 Å². The molecule has 1 saturated heterocycles. The number of nitrogens with zero attached hydrogens (tertiary/aromatic N) is 1. The van der Waals surface area contributed by atoms with Crippen LogP contribution in [0.25, 0.3) is 0 Å². The van der Waals surface area contributed by atoms with E-state index in [9.17, 15) is 14.7 Å². The molecule has 0 aromatic heterocycles. The molecular weight excluding hydrogens is 452 g/mol. The number of unbranched alkanes of at least 4 members (excludes halogenated alkanes) is 2. The lowest BCUT2D eigenvalue weighted by Gasteiger charge is -2.54. The van der Waals surface area contributed by atoms with Crippen molar-refractivity contribution >= 4 is 11.9 Å². The molecule has 2 aliphatic rings. The molecule has 4 atom stereocenters. The van der Waals surface area contributed by atoms with Crippen LogP contribution in [0.3, 0.4) is 0 Å². The fraction of sp³-hybridized carbons (Fsp3) is 0.533. The zero-order chi connectivity index (χ0) is 25.5. The molecule has 1 heterocycles. The summed E-state index contributed by atoms with van der Waals surface area (Å²) in [6.07, 6.45) is 6.28. The summed E-state index contributed by atoms with van der Waals surface area (Å²) in [6, 6.07) is 18.1. The maximum absolute atomic E-state index is 12.8. The molecule has 36 heavy (non-hydrogen) atoms. The molecule has 2 aromatic carbocycles. The number of amides is 1. The van der Waals surface area contributed by atoms with E-state index in [0.29, 0.717) is 18.6 Å². The number of aryl methyl sites for hydroxylation is 1. The lowest BCUT2D eigenvalue weighted by Crippen LogP contribution is -2.60. The van der Waals surface area contributed by atoms with Gasteiger partial charge in [-0.25, -0.2) is 0 Å². The summed E-state index contributed by atoms with van der Waals surface area (Å²) >= 11 is 0. The minimum Gasteiger partial charge on any atom is -0.427 e. The van der Waals surface area contributed by atoms with Crippen molar-refractivity contribution in [2.24, 2.45) is 5.92 Å². The summed E-state index contributed by atoms with van der Waals surface area (Å²) < 4.78 is 5.37. The Labute approximate surface area is 215 Å². The number of carbonyl (C=O) groups excluding carboxylic acids is 2. The van der Waals surface area contributed by atoms with Crippen LogP contribution >= 0.6 is 0 Å². The first-order valence-electron chi connectivity index (χ1n) is 13.3. The first kappa shape index (κ1) is 26.4. The number of rotatable bonds is 9. The van der Waals surface area contributed by atoms with Gasteiger partial charge in [-0.3, -0.25) is 9.59 Å². The van der Waals surface area contributed by atoms with Gasteiger partial charge >= 0.3 is 5.97 Å². The van der Waals surface area contributed by atoms with Gasteiger partial charge in [0.1, 0.15) is 5.75 Å². The molecule has 0 radical (unpaired) electrons. The van der Waals surface area contributed by atoms with E-state index in [1.54, 1.807) is 6.07 Å². The smallest absolute Gasteiger partial charge is 0.308 e. The molecule has 1 amide bonds. The van der Waals surface area contributed by atoms with E-state index < -0.39 is 6.10 Å². The highest BCUT2D eigenvalue weighted by Gasteiger charge is 2.51. The van der Waals surface area contributed by atoms with Gasteiger partial charge in [-0.2, -0.15) is 0 Å². The molecule has 194 valence electrons. The van der Waals surface area contributed by atoms with Crippen LogP contribution in [0, 0.1) is 5.92 Å². The predicted octanol–water partition coefficient (Wildman–Crippen LogP) is 4.24. The summed E-state index contributed by atoms with van der Waals surface area (Å²) in [5.74, 6) is 0.322. The van der Waals surface area contributed by atoms with Gasteiger partial charge < -0.3 is 20.1 Å². The molecule has 1 aliphatic carbocycles. The van der Waals surface area contributed by atoms with E-state index in [2.05, 4.69) is 47.6 Å². The first-order chi connectivity index (χ1) is 17.4. The second-order valence-corrected chi connectivity index (χ2v) is 10.7. The van der Waals surface area contributed by atoms with Crippen molar-refractivity contribution in [3.8, 4) is 5.75 Å². The Kier molecular flexibility index (Phi) is 8.81. The average molecular weight is 493 g/mol. The number of hydrogen-bond donors (Lipinski definition) is 2. The molecule has 2 N–H and O–H groups in total. The number of esters is 1. The Morgan fingerprint density at radius 3 is 2.69 bits per heavy atom. The van der Waals surface area contributed by atoms with Crippen LogP contribution in [0.15, 0.2) is 54.6 Å². The van der Waals surface area contributed by atoms with Gasteiger partial charge in [0.05, 0.1) is 6.10 Å². The minimum absolute atomic E-state index is 0.0648. The number of aliphatic hydroxyl groups excluding tert-OH is 1. The highest BCUT2D eigenvalue weighted by molar-refractivity contribution is 5.76. The number of aliphatic hydroxyl groups is 1. The van der Waals surface area contributed by atoms with Gasteiger partial charge in [-0.05, 0) is 75.4 Å². The predicted molar refractivity (Wildman–Crippen MR) is 141 cm³/mol. The Morgan fingerprint density at radius 1 is 1.11 bits per heavy atom. The molecule has 6 nitrogen and oxygen atoms in total. The molecule has 1 unspecified atom stereocenters. The van der Waals surface area contributed by atoms with E-state index in [1.165, 1.54) is 12.5 Å². The Bertz CT molecular complexity index is 1030. The molecule has 1 saturated carbocycles. The van der Waals surface area contributed by atoms with Gasteiger partial charge in [0.15, 0.2) is 0 Å². The van der Waals surface area contributed by atoms with E-state index in [0.717, 1.165) is 57.2 Å². The number of piperidine rings is 1. The van der Waals surface area contributed by atoms with Crippen LogP contribution < -0.4 is 10.1 Å². The second kappa shape index (κ2) is 12.0. The Hall–Kier alpha value is -2.70. The van der Waals surface area contributed by atoms with Crippen molar-refractivity contribution in [2.75, 3.05) is 20.1 Å². The molecule has 1 aliphatic heterocycles. The summed E-state index contributed by atoms with van der Waals surface area (Å²) in [7, 11) is 2.09. The van der Waals surface area contributed by atoms with Crippen molar-refractivity contribution in [1.29, 1.82) is 0 Å². The first-order valence-corrected chi connectivity index (χ1v) is 13.3. The molecule has 0 spiro atoms. The van der Waals surface area contributed by atoms with Crippen molar-refractivity contribution < 1.29 is 19.4 Å². The number of benzene rings is 2. The number of likely N-dealkylation sites (tertiary alicyclic amines) is 1. The second-order valence-electron chi connectivity index (χ2n) is 10.7. The number of ether oxygens (including phenoxy) is 1. The molecule has 0 bridgehead atoms. The van der Waals surface area contributed by atoms with Crippen molar-refractivity contribution in [1.82, 2.24) is 10.2 Å². The maximum Gasteiger partial charge on any atom is 0.308 e. The topological polar surface area (TPSA) is 78.9 Å². The average Bonchev–Trinajstić information content (AvgIpc) is 2.85. The molecular formula is C30H40N2O4. The van der Waals surface area contributed by atoms with Gasteiger partial charge in [-0.1, -0.05) is 48.9 Å². The van der Waals surface area contributed by atoms with Crippen LogP contribution in [0.2, 0.25) is 0 Å². The van der Waals surface area contributed by atoms with Crippen LogP contribution in [-0.4, -0.2) is 54.2 Å². The van der Waals surface area contributed by atoms with Gasteiger partial charge in [0.2, 0.25) is 5.91 Å². The highest BCUT2D eigenvalue weighted by Crippen LogP contribution is 2.49. The summed E-state index contributed by atoms with van der Waals surface area (Å²) in [4.78, 5) is 26.6. The molecule has 4 rings (SSSR count). The monoisotopic (exact) mass is 492 g/mol. The fourth-order valence-corrected chi connectivity index (χ4v) is 6.26. The van der Waals surface area contributed by atoms with Crippen molar-refractivity contribution in [3.05, 3.63) is 65.7 Å². The fourth-order valence-electron chi connectivity index (χ4n) is 6.26. The Balaban J connectivity index is 1.38. The van der Waals surface area contributed by atoms with E-state index in [-0.39, 0.29) is 29.3 Å². The highest BCUT2D eigenvalue weighted by atomic mass is 16.5. The van der Waals surface area contributed by atoms with Gasteiger partial charge in [0, 0.05) is 37.3 Å². The SMILES string of the molecule is CC(=O)Oc1cccc([C@@]23CCN(C)C[C@H]2C(O)C[C@H](NC(=O)CCCCCc2ccccc2)C3)c1. The van der Waals surface area contributed by atoms with Crippen LogP contribution in [0.4, 0.5) is 0 Å². The lowest BCUT2D eigenvalue weighted by molar-refractivity contribution is -0.132. The zero-order valence-corrected chi connectivity index (χ0v) is 21.6. The lowest BCUT2D eigenvalue weighted by atomic mass is 9.57. The van der Waals surface area contributed by atoms with Crippen molar-refractivity contribution in [3.63, 3.8) is 0 Å². The standard InChI is InChI=1S/C30H40N2O4/c1-22(33)36-26-14-9-13-24(18-26)30-16-17-32(2)21-27(30)28(34)19-25(20-30)31-29(35)15-8-4-7-12-23-10-5-3-6-11-23/h3,5-6,9-11,13-14,18,25,27-28,34H,4,7-8,12,15-17,19-21H2,1-2H3,(H,31,35)/t25-,27-,28?,30-/m0/s1. The van der Waals surface area contributed by atoms with E-state index in [1.807, 2.05) is 18.2 Å². The maximum atomic E-state index is 12.8. The van der Waals surface area contributed by atoms with Crippen LogP contribution in [-0.2, 0) is 21.4 Å². The minimum atomic E-state index is -0.505. The largest absolute Gasteiger partial charge is 0.427 e. The third-order valence-corrected chi connectivity index (χ3v) is 8.01. The third kappa shape index (κ3) is 6.54. The molecule has 2 aromatic rings. The Morgan fingerprint density at radius 2 is 1.92 bits per heavy atom. The quantitative estimate of drug-likeness (QED) is 0.311. The molecule has 6 heteroatoms. The van der Waals surface area contributed by atoms with Crippen molar-refractivity contribution in [2.45, 2.75) is 75.9 Å². The summed E-state index contributed by atoms with van der Waals surface area (Å²) in [5.41, 5.74) is 2.15. The summed E-state index contributed by atoms with van der Waals surface area (Å²) in [6.45, 7) is 3.13. The van der Waals surface area contributed by atoms with Gasteiger partial charge in [-0.15, -0.1) is 0 Å². The van der Waals surface area contributed by atoms with Gasteiger partial charge in [0.25, 0.3) is 0 Å². The van der Waals surface area contributed by atoms with E-state index >= 15 is 0 Å². The normalized spacial score (nSPS) is 26.1. The molecule has 2 fully saturated rings. The number of fused-ring (bicyclic) bond motifs is 1.